The van der Waals surface area contributed by atoms with Crippen LogP contribution in [0.2, 0.25) is 0 Å². The lowest BCUT2D eigenvalue weighted by Crippen LogP contribution is -2.24. The molecule has 0 fully saturated rings. The van der Waals surface area contributed by atoms with E-state index in [1.54, 1.807) is 11.6 Å². The highest BCUT2D eigenvalue weighted by Crippen LogP contribution is 2.30. The Bertz CT molecular complexity index is 665. The van der Waals surface area contributed by atoms with Crippen molar-refractivity contribution < 1.29 is 4.92 Å². The van der Waals surface area contributed by atoms with Gasteiger partial charge in [0.1, 0.15) is 0 Å². The summed E-state index contributed by atoms with van der Waals surface area (Å²) in [7, 11) is 1.74. The Morgan fingerprint density at radius 3 is 3.15 bits per heavy atom. The SMILES string of the molecule is Cn1cnc([N+](=O)[O-])c1Nc1cccc2c1CCNC2. The molecule has 7 heteroatoms. The summed E-state index contributed by atoms with van der Waals surface area (Å²) in [4.78, 5) is 14.3. The van der Waals surface area contributed by atoms with E-state index in [-0.39, 0.29) is 5.82 Å². The van der Waals surface area contributed by atoms with Crippen LogP contribution in [0.15, 0.2) is 24.5 Å². The maximum atomic E-state index is 11.0. The molecule has 0 radical (unpaired) electrons. The topological polar surface area (TPSA) is 85.0 Å². The number of fused-ring (bicyclic) bond motifs is 1. The summed E-state index contributed by atoms with van der Waals surface area (Å²) < 4.78 is 1.62. The quantitative estimate of drug-likeness (QED) is 0.657. The first kappa shape index (κ1) is 12.6. The first-order valence-corrected chi connectivity index (χ1v) is 6.41. The Labute approximate surface area is 115 Å². The zero-order chi connectivity index (χ0) is 14.1. The average molecular weight is 273 g/mol. The van der Waals surface area contributed by atoms with Crippen LogP contribution < -0.4 is 10.6 Å². The molecule has 0 spiro atoms. The molecule has 0 unspecified atom stereocenters. The molecule has 0 atom stereocenters. The van der Waals surface area contributed by atoms with Crippen molar-refractivity contribution in [1.29, 1.82) is 0 Å². The van der Waals surface area contributed by atoms with Crippen LogP contribution in [0.25, 0.3) is 0 Å². The minimum atomic E-state index is -0.473. The Hall–Kier alpha value is -2.41. The molecule has 0 aliphatic carbocycles. The fraction of sp³-hybridized carbons (Fsp3) is 0.308. The van der Waals surface area contributed by atoms with Gasteiger partial charge in [-0.15, -0.1) is 0 Å². The number of nitrogens with one attached hydrogen (secondary N) is 2. The van der Waals surface area contributed by atoms with E-state index in [0.717, 1.165) is 25.2 Å². The van der Waals surface area contributed by atoms with Gasteiger partial charge in [-0.25, -0.2) is 0 Å². The van der Waals surface area contributed by atoms with Gasteiger partial charge in [-0.05, 0) is 40.1 Å². The minimum Gasteiger partial charge on any atom is -0.358 e. The van der Waals surface area contributed by atoms with Crippen LogP contribution in [0.3, 0.4) is 0 Å². The lowest BCUT2D eigenvalue weighted by Gasteiger charge is -2.20. The second-order valence-corrected chi connectivity index (χ2v) is 4.78. The minimum absolute atomic E-state index is 0.154. The number of benzene rings is 1. The highest BCUT2D eigenvalue weighted by Gasteiger charge is 2.22. The third kappa shape index (κ3) is 2.12. The number of rotatable bonds is 3. The molecular formula is C13H15N5O2. The van der Waals surface area contributed by atoms with Crippen molar-refractivity contribution in [3.63, 3.8) is 0 Å². The molecule has 0 saturated heterocycles. The summed E-state index contributed by atoms with van der Waals surface area (Å²) in [6.07, 6.45) is 2.35. The number of hydrogen-bond acceptors (Lipinski definition) is 5. The molecule has 0 amide bonds. The molecule has 7 nitrogen and oxygen atoms in total. The summed E-state index contributed by atoms with van der Waals surface area (Å²) in [6.45, 7) is 1.75. The van der Waals surface area contributed by atoms with Crippen molar-refractivity contribution in [3.05, 3.63) is 45.8 Å². The Morgan fingerprint density at radius 2 is 2.35 bits per heavy atom. The molecule has 1 aliphatic rings. The molecule has 20 heavy (non-hydrogen) atoms. The third-order valence-corrected chi connectivity index (χ3v) is 3.48. The van der Waals surface area contributed by atoms with Crippen LogP contribution in [0.1, 0.15) is 11.1 Å². The number of anilines is 2. The first-order valence-electron chi connectivity index (χ1n) is 6.41. The number of nitro groups is 1. The van der Waals surface area contributed by atoms with Crippen LogP contribution in [0.5, 0.6) is 0 Å². The fourth-order valence-electron chi connectivity index (χ4n) is 2.47. The second-order valence-electron chi connectivity index (χ2n) is 4.78. The number of nitrogens with zero attached hydrogens (tertiary/aromatic N) is 3. The molecule has 0 saturated carbocycles. The van der Waals surface area contributed by atoms with E-state index < -0.39 is 4.92 Å². The monoisotopic (exact) mass is 273 g/mol. The van der Waals surface area contributed by atoms with Gasteiger partial charge in [0.25, 0.3) is 0 Å². The molecule has 1 aliphatic heterocycles. The number of aromatic nitrogens is 2. The van der Waals surface area contributed by atoms with Crippen molar-refractivity contribution >= 4 is 17.3 Å². The third-order valence-electron chi connectivity index (χ3n) is 3.48. The van der Waals surface area contributed by atoms with Gasteiger partial charge in [0, 0.05) is 19.3 Å². The van der Waals surface area contributed by atoms with Crippen LogP contribution in [-0.2, 0) is 20.0 Å². The van der Waals surface area contributed by atoms with Crippen LogP contribution >= 0.6 is 0 Å². The van der Waals surface area contributed by atoms with E-state index in [9.17, 15) is 10.1 Å². The number of hydrogen-bond donors (Lipinski definition) is 2. The molecule has 3 rings (SSSR count). The predicted molar refractivity (Wildman–Crippen MR) is 75.0 cm³/mol. The Morgan fingerprint density at radius 1 is 1.50 bits per heavy atom. The molecule has 2 N–H and O–H groups in total. The maximum Gasteiger partial charge on any atom is 0.406 e. The summed E-state index contributed by atoms with van der Waals surface area (Å²) in [6, 6.07) is 5.97. The van der Waals surface area contributed by atoms with E-state index in [1.807, 2.05) is 12.1 Å². The molecule has 2 aromatic rings. The smallest absolute Gasteiger partial charge is 0.358 e. The van der Waals surface area contributed by atoms with Gasteiger partial charge < -0.3 is 20.7 Å². The van der Waals surface area contributed by atoms with Crippen molar-refractivity contribution in [2.45, 2.75) is 13.0 Å². The van der Waals surface area contributed by atoms with Crippen LogP contribution in [-0.4, -0.2) is 21.0 Å². The molecular weight excluding hydrogens is 258 g/mol. The normalized spacial score (nSPS) is 13.8. The van der Waals surface area contributed by atoms with Gasteiger partial charge in [-0.2, -0.15) is 0 Å². The summed E-state index contributed by atoms with van der Waals surface area (Å²) in [5.74, 6) is 0.251. The van der Waals surface area contributed by atoms with Crippen molar-refractivity contribution in [2.24, 2.45) is 7.05 Å². The molecule has 2 heterocycles. The van der Waals surface area contributed by atoms with E-state index in [2.05, 4.69) is 21.7 Å². The molecule has 1 aromatic carbocycles. The van der Waals surface area contributed by atoms with E-state index in [1.165, 1.54) is 17.5 Å². The van der Waals surface area contributed by atoms with E-state index in [4.69, 9.17) is 0 Å². The van der Waals surface area contributed by atoms with E-state index in [0.29, 0.717) is 5.82 Å². The largest absolute Gasteiger partial charge is 0.406 e. The predicted octanol–water partition coefficient (Wildman–Crippen LogP) is 1.72. The van der Waals surface area contributed by atoms with Gasteiger partial charge >= 0.3 is 5.82 Å². The fourth-order valence-corrected chi connectivity index (χ4v) is 2.47. The van der Waals surface area contributed by atoms with Crippen LogP contribution in [0, 0.1) is 10.1 Å². The van der Waals surface area contributed by atoms with Gasteiger partial charge in [-0.1, -0.05) is 12.1 Å². The lowest BCUT2D eigenvalue weighted by molar-refractivity contribution is -0.388. The van der Waals surface area contributed by atoms with Crippen LogP contribution in [0.4, 0.5) is 17.3 Å². The number of aryl methyl sites for hydroxylation is 1. The van der Waals surface area contributed by atoms with Gasteiger partial charge in [0.15, 0.2) is 0 Å². The van der Waals surface area contributed by atoms with Crippen molar-refractivity contribution in [3.8, 4) is 0 Å². The van der Waals surface area contributed by atoms with Gasteiger partial charge in [0.2, 0.25) is 12.1 Å². The van der Waals surface area contributed by atoms with Gasteiger partial charge in [-0.3, -0.25) is 4.57 Å². The summed E-state index contributed by atoms with van der Waals surface area (Å²) in [5.41, 5.74) is 3.35. The standard InChI is InChI=1S/C13H15N5O2/c1-17-8-15-12(18(19)20)13(17)16-11-4-2-3-9-7-14-6-5-10(9)11/h2-4,8,14,16H,5-7H2,1H3. The average Bonchev–Trinajstić information content (AvgIpc) is 2.81. The number of imidazole rings is 1. The Balaban J connectivity index is 2.00. The Kier molecular flexibility index (Phi) is 3.11. The maximum absolute atomic E-state index is 11.0. The van der Waals surface area contributed by atoms with Crippen molar-refractivity contribution in [2.75, 3.05) is 11.9 Å². The molecule has 104 valence electrons. The molecule has 1 aromatic heterocycles. The van der Waals surface area contributed by atoms with Gasteiger partial charge in [0.05, 0.1) is 0 Å². The first-order chi connectivity index (χ1) is 9.66. The highest BCUT2D eigenvalue weighted by molar-refractivity contribution is 5.68. The second kappa shape index (κ2) is 4.93. The summed E-state index contributed by atoms with van der Waals surface area (Å²) in [5, 5.41) is 17.5. The molecule has 0 bridgehead atoms. The zero-order valence-electron chi connectivity index (χ0n) is 11.1. The highest BCUT2D eigenvalue weighted by atomic mass is 16.6. The lowest BCUT2D eigenvalue weighted by atomic mass is 9.99. The van der Waals surface area contributed by atoms with Crippen molar-refractivity contribution in [1.82, 2.24) is 14.9 Å². The summed E-state index contributed by atoms with van der Waals surface area (Å²) >= 11 is 0. The van der Waals surface area contributed by atoms with E-state index >= 15 is 0 Å². The zero-order valence-corrected chi connectivity index (χ0v) is 11.1.